The van der Waals surface area contributed by atoms with Crippen molar-refractivity contribution < 1.29 is 17.7 Å². The summed E-state index contributed by atoms with van der Waals surface area (Å²) in [6, 6.07) is 179. The molecule has 6 nitrogen and oxygen atoms in total. The van der Waals surface area contributed by atoms with Crippen LogP contribution in [0.4, 0.5) is 0 Å². The fourth-order valence-electron chi connectivity index (χ4n) is 23.4. The second-order valence-electron chi connectivity index (χ2n) is 38.2. The molecular formula is C140H84N2O4. The van der Waals surface area contributed by atoms with Gasteiger partial charge in [0.2, 0.25) is 0 Å². The van der Waals surface area contributed by atoms with Gasteiger partial charge in [0.05, 0.1) is 11.0 Å². The van der Waals surface area contributed by atoms with Crippen molar-refractivity contribution in [2.45, 2.75) is 0 Å². The van der Waals surface area contributed by atoms with E-state index in [1.807, 2.05) is 73.1 Å². The van der Waals surface area contributed by atoms with Crippen molar-refractivity contribution in [3.05, 3.63) is 510 Å². The van der Waals surface area contributed by atoms with Gasteiger partial charge in [-0.05, 0) is 305 Å². The van der Waals surface area contributed by atoms with E-state index in [-0.39, 0.29) is 0 Å². The minimum absolute atomic E-state index is 0.861. The number of pyridine rings is 2. The zero-order valence-electron chi connectivity index (χ0n) is 79.0. The van der Waals surface area contributed by atoms with Crippen molar-refractivity contribution in [2.24, 2.45) is 0 Å². The molecule has 0 spiro atoms. The smallest absolute Gasteiger partial charge is 0.136 e. The first-order chi connectivity index (χ1) is 72.4. The number of hydrogen-bond acceptors (Lipinski definition) is 6. The van der Waals surface area contributed by atoms with Gasteiger partial charge >= 0.3 is 0 Å². The Morgan fingerprint density at radius 1 is 0.123 bits per heavy atom. The molecule has 0 aliphatic carbocycles. The molecule has 0 amide bonds. The first-order valence-corrected chi connectivity index (χ1v) is 49.8. The fraction of sp³-hybridized carbons (Fsp3) is 0. The van der Waals surface area contributed by atoms with Crippen LogP contribution in [-0.2, 0) is 0 Å². The highest BCUT2D eigenvalue weighted by atomic mass is 16.3. The molecule has 0 atom stereocenters. The molecule has 6 aromatic heterocycles. The maximum absolute atomic E-state index is 6.54. The standard InChI is InChI=1S/C52H32N2.C50H30O2.C38H22O2/c1-2-14-39-33(11-1)21-24-36-29-47-48(32-46(36)39)52(43-18-6-4-16-41(43)38-26-23-35-13-10-28-54-50(35)31-38)45-20-8-7-19-44(45)51(47)42-17-5-3-15-40(42)37-25-22-34-12-9-27-53-49(34)30-37;1-4-16-35-31(13-1)25-26-32-27-43-44(30-42(32)35)50(39-20-8-6-18-37(39)48-29-34-15-3-12-24-46(34)52-48)41-22-10-9-21-40(41)49(43)38-19-7-5-17-36(38)47-28-33-14-2-11-23-45(33)51-47;1-4-12-27-23(9-1)17-18-24-19-31-32(22-30(24)27)38(36-21-26-11-3-8-16-34(26)40-36)29-14-6-5-13-28(29)37(31)35-20-25-10-2-7-15-33(25)39-35/h1-32H;1-30H;1-22H. The van der Waals surface area contributed by atoms with Crippen molar-refractivity contribution in [2.75, 3.05) is 0 Å². The number of nitrogens with zero attached hydrogens (tertiary/aromatic N) is 2. The summed E-state index contributed by atoms with van der Waals surface area (Å²) in [6.45, 7) is 0. The molecule has 146 heavy (non-hydrogen) atoms. The van der Waals surface area contributed by atoms with Crippen LogP contribution in [0.3, 0.4) is 0 Å². The van der Waals surface area contributed by atoms with Crippen molar-refractivity contribution in [3.8, 4) is 112 Å². The van der Waals surface area contributed by atoms with Crippen molar-refractivity contribution in [1.82, 2.24) is 9.97 Å². The maximum atomic E-state index is 6.54. The van der Waals surface area contributed by atoms with Crippen molar-refractivity contribution in [3.63, 3.8) is 0 Å². The number of furan rings is 4. The summed E-state index contributed by atoms with van der Waals surface area (Å²) in [7, 11) is 0. The highest BCUT2D eigenvalue weighted by Gasteiger charge is 2.29. The zero-order chi connectivity index (χ0) is 96.0. The SMILES string of the molecule is c1ccc(-c2c3ccccc3c(-c3ccccc3-c3cc4ccccc4o3)c3cc4c(ccc5ccccc54)cc23)c(-c2cc3ccccc3o2)c1.c1ccc(-c2c3ccccc3c(-c3ccccc3-c3ccc4cccnc4c3)c3cc4c(ccc5ccccc54)cc23)c(-c2ccc3cccnc3c2)c1.c1ccc2oc(-c3c4ccccc4c(-c4cc5ccccc5o4)c4cc5c(ccc6ccccc65)cc34)cc2c1. The average Bonchev–Trinajstić information content (AvgIpc) is 1.23. The summed E-state index contributed by atoms with van der Waals surface area (Å²) in [5.74, 6) is 3.47. The lowest BCUT2D eigenvalue weighted by Crippen LogP contribution is -1.95. The molecule has 678 valence electrons. The minimum Gasteiger partial charge on any atom is -0.456 e. The number of rotatable bonds is 10. The van der Waals surface area contributed by atoms with Crippen LogP contribution in [0.25, 0.3) is 307 Å². The highest BCUT2D eigenvalue weighted by molar-refractivity contribution is 6.31. The molecule has 0 saturated heterocycles. The summed E-state index contributed by atoms with van der Waals surface area (Å²) < 4.78 is 26.1. The number of aromatic nitrogens is 2. The molecule has 0 saturated carbocycles. The van der Waals surface area contributed by atoms with Gasteiger partial charge in [-0.2, -0.15) is 0 Å². The molecule has 0 aliphatic heterocycles. The monoisotopic (exact) mass is 1860 g/mol. The number of hydrogen-bond donors (Lipinski definition) is 0. The third kappa shape index (κ3) is 13.9. The first kappa shape index (κ1) is 83.6. The number of para-hydroxylation sites is 4. The third-order valence-corrected chi connectivity index (χ3v) is 30.0. The Morgan fingerprint density at radius 3 is 0.685 bits per heavy atom. The summed E-state index contributed by atoms with van der Waals surface area (Å²) in [5.41, 5.74) is 24.1. The number of fused-ring (bicyclic) bond motifs is 21. The van der Waals surface area contributed by atoms with Gasteiger partial charge in [0.15, 0.2) is 0 Å². The predicted molar refractivity (Wildman–Crippen MR) is 613 cm³/mol. The lowest BCUT2D eigenvalue weighted by molar-refractivity contribution is 0.631. The molecule has 0 radical (unpaired) electrons. The molecule has 31 rings (SSSR count). The molecule has 0 bridgehead atoms. The van der Waals surface area contributed by atoms with Gasteiger partial charge in [0, 0.05) is 67.0 Å². The van der Waals surface area contributed by atoms with Gasteiger partial charge in [-0.15, -0.1) is 0 Å². The second-order valence-corrected chi connectivity index (χ2v) is 38.2. The Balaban J connectivity index is 0.000000105. The predicted octanol–water partition coefficient (Wildman–Crippen LogP) is 39.6. The third-order valence-electron chi connectivity index (χ3n) is 30.0. The van der Waals surface area contributed by atoms with Gasteiger partial charge in [0.1, 0.15) is 45.4 Å². The van der Waals surface area contributed by atoms with E-state index >= 15 is 0 Å². The lowest BCUT2D eigenvalue weighted by atomic mass is 9.81. The first-order valence-electron chi connectivity index (χ1n) is 49.8. The van der Waals surface area contributed by atoms with E-state index in [0.29, 0.717) is 0 Å². The molecule has 25 aromatic carbocycles. The van der Waals surface area contributed by atoms with Crippen molar-refractivity contribution >= 4 is 195 Å². The van der Waals surface area contributed by atoms with Gasteiger partial charge in [-0.3, -0.25) is 9.97 Å². The van der Waals surface area contributed by atoms with Crippen LogP contribution in [0.15, 0.2) is 528 Å². The summed E-state index contributed by atoms with van der Waals surface area (Å²) in [6.07, 6.45) is 3.75. The topological polar surface area (TPSA) is 78.3 Å². The van der Waals surface area contributed by atoms with E-state index in [1.165, 1.54) is 152 Å². The van der Waals surface area contributed by atoms with Crippen LogP contribution in [0.5, 0.6) is 0 Å². The van der Waals surface area contributed by atoms with Crippen molar-refractivity contribution in [1.29, 1.82) is 0 Å². The summed E-state index contributed by atoms with van der Waals surface area (Å²) >= 11 is 0. The Labute approximate surface area is 838 Å². The van der Waals surface area contributed by atoms with Crippen LogP contribution >= 0.6 is 0 Å². The minimum atomic E-state index is 0.861. The quantitative estimate of drug-likeness (QED) is 0.100. The largest absolute Gasteiger partial charge is 0.456 e. The highest BCUT2D eigenvalue weighted by Crippen LogP contribution is 2.55. The van der Waals surface area contributed by atoms with Gasteiger partial charge in [0.25, 0.3) is 0 Å². The molecule has 0 N–H and O–H groups in total. The van der Waals surface area contributed by atoms with Gasteiger partial charge in [-0.25, -0.2) is 0 Å². The molecular weight excluding hydrogens is 1770 g/mol. The van der Waals surface area contributed by atoms with E-state index in [9.17, 15) is 0 Å². The van der Waals surface area contributed by atoms with Crippen LogP contribution in [0, 0.1) is 0 Å². The molecule has 0 aliphatic rings. The molecule has 0 unspecified atom stereocenters. The van der Waals surface area contributed by atoms with E-state index in [4.69, 9.17) is 27.6 Å². The van der Waals surface area contributed by atoms with E-state index < -0.39 is 0 Å². The Hall–Kier alpha value is -19.4. The van der Waals surface area contributed by atoms with E-state index in [0.717, 1.165) is 155 Å². The maximum Gasteiger partial charge on any atom is 0.136 e. The van der Waals surface area contributed by atoms with Crippen LogP contribution < -0.4 is 0 Å². The second kappa shape index (κ2) is 34.3. The van der Waals surface area contributed by atoms with E-state index in [2.05, 4.69) is 437 Å². The Kier molecular flexibility index (Phi) is 19.6. The van der Waals surface area contributed by atoms with Crippen LogP contribution in [0.1, 0.15) is 0 Å². The Morgan fingerprint density at radius 2 is 0.349 bits per heavy atom. The molecule has 0 fully saturated rings. The molecule has 6 heterocycles. The molecule has 31 aromatic rings. The molecule has 6 heteroatoms. The summed E-state index contributed by atoms with van der Waals surface area (Å²) in [5, 5.41) is 35.7. The lowest BCUT2D eigenvalue weighted by Gasteiger charge is -2.22. The Bertz CT molecular complexity index is 10700. The number of benzene rings is 25. The van der Waals surface area contributed by atoms with Gasteiger partial charge in [-0.1, -0.05) is 388 Å². The normalized spacial score (nSPS) is 11.8. The van der Waals surface area contributed by atoms with E-state index in [1.54, 1.807) is 0 Å². The van der Waals surface area contributed by atoms with Crippen LogP contribution in [-0.4, -0.2) is 9.97 Å². The van der Waals surface area contributed by atoms with Crippen LogP contribution in [0.2, 0.25) is 0 Å². The summed E-state index contributed by atoms with van der Waals surface area (Å²) in [4.78, 5) is 9.44. The zero-order valence-corrected chi connectivity index (χ0v) is 79.0. The fourth-order valence-corrected chi connectivity index (χ4v) is 23.4. The average molecular weight is 1860 g/mol. The van der Waals surface area contributed by atoms with Gasteiger partial charge < -0.3 is 17.7 Å².